The smallest absolute Gasteiger partial charge is 0.282 e. The van der Waals surface area contributed by atoms with Crippen LogP contribution >= 0.6 is 34.4 Å². The van der Waals surface area contributed by atoms with Crippen LogP contribution in [0.25, 0.3) is 0 Å². The van der Waals surface area contributed by atoms with E-state index in [1.54, 1.807) is 24.9 Å². The van der Waals surface area contributed by atoms with Crippen molar-refractivity contribution in [3.05, 3.63) is 56.1 Å². The van der Waals surface area contributed by atoms with E-state index in [0.717, 1.165) is 15.5 Å². The first-order valence-corrected chi connectivity index (χ1v) is 7.25. The number of ether oxygens (including phenoxy) is 1. The molecule has 0 unspecified atom stereocenters. The standard InChI is InChI=1S/C13H10INO3S/c1-18-9-2-4-10(5-3-9)19-11-6-7-13(15(16)17)12(14)8-11/h2-8H,1H3. The predicted octanol–water partition coefficient (Wildman–Crippen LogP) is 4.36. The van der Waals surface area contributed by atoms with Crippen LogP contribution in [0, 0.1) is 13.7 Å². The van der Waals surface area contributed by atoms with E-state index in [4.69, 9.17) is 4.74 Å². The number of hydrogen-bond acceptors (Lipinski definition) is 4. The minimum absolute atomic E-state index is 0.139. The molecule has 0 aliphatic heterocycles. The Hall–Kier alpha value is -1.28. The third kappa shape index (κ3) is 3.60. The first-order valence-electron chi connectivity index (χ1n) is 5.36. The Kier molecular flexibility index (Phi) is 4.65. The van der Waals surface area contributed by atoms with Crippen LogP contribution in [0.5, 0.6) is 5.75 Å². The Morgan fingerprint density at radius 3 is 2.32 bits per heavy atom. The molecule has 6 heteroatoms. The summed E-state index contributed by atoms with van der Waals surface area (Å²) in [7, 11) is 1.63. The maximum absolute atomic E-state index is 10.7. The van der Waals surface area contributed by atoms with Crippen molar-refractivity contribution >= 4 is 40.0 Å². The summed E-state index contributed by atoms with van der Waals surface area (Å²) in [5.74, 6) is 0.808. The maximum atomic E-state index is 10.7. The van der Waals surface area contributed by atoms with Crippen LogP contribution < -0.4 is 4.74 Å². The van der Waals surface area contributed by atoms with Crippen molar-refractivity contribution in [2.75, 3.05) is 7.11 Å². The average molecular weight is 387 g/mol. The van der Waals surface area contributed by atoms with E-state index in [1.165, 1.54) is 6.07 Å². The molecule has 0 spiro atoms. The highest BCUT2D eigenvalue weighted by atomic mass is 127. The zero-order valence-corrected chi connectivity index (χ0v) is 13.0. The molecule has 2 rings (SSSR count). The Labute approximate surface area is 128 Å². The van der Waals surface area contributed by atoms with Gasteiger partial charge in [-0.2, -0.15) is 0 Å². The minimum atomic E-state index is -0.371. The molecule has 0 fully saturated rings. The molecule has 0 saturated carbocycles. The summed E-state index contributed by atoms with van der Waals surface area (Å²) in [6.45, 7) is 0. The van der Waals surface area contributed by atoms with E-state index in [1.807, 2.05) is 52.9 Å². The molecular weight excluding hydrogens is 377 g/mol. The Morgan fingerprint density at radius 1 is 1.16 bits per heavy atom. The molecule has 2 aromatic rings. The van der Waals surface area contributed by atoms with E-state index in [9.17, 15) is 10.1 Å². The van der Waals surface area contributed by atoms with E-state index >= 15 is 0 Å². The lowest BCUT2D eigenvalue weighted by Gasteiger charge is -2.04. The van der Waals surface area contributed by atoms with Crippen molar-refractivity contribution in [3.63, 3.8) is 0 Å². The summed E-state index contributed by atoms with van der Waals surface area (Å²) in [6, 6.07) is 12.8. The molecule has 0 saturated heterocycles. The fourth-order valence-electron chi connectivity index (χ4n) is 1.48. The number of nitro benzene ring substituents is 1. The number of halogens is 1. The largest absolute Gasteiger partial charge is 0.497 e. The highest BCUT2D eigenvalue weighted by molar-refractivity contribution is 14.1. The van der Waals surface area contributed by atoms with Crippen LogP contribution in [0.1, 0.15) is 0 Å². The lowest BCUT2D eigenvalue weighted by Crippen LogP contribution is -1.91. The van der Waals surface area contributed by atoms with Crippen molar-refractivity contribution in [2.24, 2.45) is 0 Å². The van der Waals surface area contributed by atoms with Gasteiger partial charge in [-0.1, -0.05) is 11.8 Å². The second kappa shape index (κ2) is 6.25. The van der Waals surface area contributed by atoms with E-state index < -0.39 is 0 Å². The van der Waals surface area contributed by atoms with Crippen LogP contribution in [0.2, 0.25) is 0 Å². The van der Waals surface area contributed by atoms with E-state index in [0.29, 0.717) is 3.57 Å². The summed E-state index contributed by atoms with van der Waals surface area (Å²) in [6.07, 6.45) is 0. The zero-order valence-electron chi connectivity index (χ0n) is 10.00. The van der Waals surface area contributed by atoms with Crippen LogP contribution in [0.3, 0.4) is 0 Å². The van der Waals surface area contributed by atoms with E-state index in [-0.39, 0.29) is 10.6 Å². The summed E-state index contributed by atoms with van der Waals surface area (Å²) in [4.78, 5) is 12.4. The van der Waals surface area contributed by atoms with Crippen molar-refractivity contribution in [1.82, 2.24) is 0 Å². The molecule has 0 aliphatic rings. The van der Waals surface area contributed by atoms with Gasteiger partial charge in [0.1, 0.15) is 5.75 Å². The second-order valence-electron chi connectivity index (χ2n) is 3.65. The molecule has 98 valence electrons. The summed E-state index contributed by atoms with van der Waals surface area (Å²) < 4.78 is 5.74. The quantitative estimate of drug-likeness (QED) is 0.445. The van der Waals surface area contributed by atoms with Gasteiger partial charge in [0.05, 0.1) is 15.6 Å². The number of methoxy groups -OCH3 is 1. The second-order valence-corrected chi connectivity index (χ2v) is 5.96. The van der Waals surface area contributed by atoms with Gasteiger partial charge in [-0.15, -0.1) is 0 Å². The molecule has 0 heterocycles. The SMILES string of the molecule is COc1ccc(Sc2ccc([N+](=O)[O-])c(I)c2)cc1. The minimum Gasteiger partial charge on any atom is -0.497 e. The van der Waals surface area contributed by atoms with Gasteiger partial charge < -0.3 is 4.74 Å². The maximum Gasteiger partial charge on any atom is 0.282 e. The van der Waals surface area contributed by atoms with Gasteiger partial charge in [-0.25, -0.2) is 0 Å². The number of nitro groups is 1. The number of rotatable bonds is 4. The fraction of sp³-hybridized carbons (Fsp3) is 0.0769. The van der Waals surface area contributed by atoms with Crippen molar-refractivity contribution in [1.29, 1.82) is 0 Å². The molecule has 0 bridgehead atoms. The van der Waals surface area contributed by atoms with Gasteiger partial charge in [0.2, 0.25) is 0 Å². The first-order chi connectivity index (χ1) is 9.10. The van der Waals surface area contributed by atoms with Gasteiger partial charge in [0.25, 0.3) is 5.69 Å². The van der Waals surface area contributed by atoms with Crippen LogP contribution in [-0.2, 0) is 0 Å². The van der Waals surface area contributed by atoms with Gasteiger partial charge >= 0.3 is 0 Å². The molecular formula is C13H10INO3S. The monoisotopic (exact) mass is 387 g/mol. The molecule has 0 atom stereocenters. The Morgan fingerprint density at radius 2 is 1.79 bits per heavy atom. The van der Waals surface area contributed by atoms with E-state index in [2.05, 4.69) is 0 Å². The number of hydrogen-bond donors (Lipinski definition) is 0. The average Bonchev–Trinajstić information content (AvgIpc) is 2.39. The van der Waals surface area contributed by atoms with Crippen molar-refractivity contribution in [2.45, 2.75) is 9.79 Å². The molecule has 0 amide bonds. The molecule has 2 aromatic carbocycles. The number of benzene rings is 2. The summed E-state index contributed by atoms with van der Waals surface area (Å²) >= 11 is 3.54. The summed E-state index contributed by atoms with van der Waals surface area (Å²) in [5, 5.41) is 10.7. The van der Waals surface area contributed by atoms with Gasteiger partial charge in [-0.05, 0) is 59.0 Å². The molecule has 4 nitrogen and oxygen atoms in total. The molecule has 19 heavy (non-hydrogen) atoms. The topological polar surface area (TPSA) is 52.4 Å². The summed E-state index contributed by atoms with van der Waals surface area (Å²) in [5.41, 5.74) is 0.139. The fourth-order valence-corrected chi connectivity index (χ4v) is 3.26. The molecule has 0 N–H and O–H groups in total. The first kappa shape index (κ1) is 14.1. The van der Waals surface area contributed by atoms with Crippen LogP contribution in [0.15, 0.2) is 52.3 Å². The highest BCUT2D eigenvalue weighted by Gasteiger charge is 2.11. The van der Waals surface area contributed by atoms with Gasteiger partial charge in [0.15, 0.2) is 0 Å². The molecule has 0 aromatic heterocycles. The lowest BCUT2D eigenvalue weighted by atomic mass is 10.3. The zero-order chi connectivity index (χ0) is 13.8. The molecule has 0 aliphatic carbocycles. The molecule has 0 radical (unpaired) electrons. The van der Waals surface area contributed by atoms with Crippen LogP contribution in [0.4, 0.5) is 5.69 Å². The lowest BCUT2D eigenvalue weighted by molar-refractivity contribution is -0.385. The van der Waals surface area contributed by atoms with Crippen molar-refractivity contribution < 1.29 is 9.66 Å². The predicted molar refractivity (Wildman–Crippen MR) is 82.9 cm³/mol. The van der Waals surface area contributed by atoms with Gasteiger partial charge in [0, 0.05) is 15.9 Å². The number of nitrogens with zero attached hydrogens (tertiary/aromatic N) is 1. The van der Waals surface area contributed by atoms with Crippen LogP contribution in [-0.4, -0.2) is 12.0 Å². The van der Waals surface area contributed by atoms with Gasteiger partial charge in [-0.3, -0.25) is 10.1 Å². The third-order valence-corrected chi connectivity index (χ3v) is 4.27. The highest BCUT2D eigenvalue weighted by Crippen LogP contribution is 2.32. The Balaban J connectivity index is 2.18. The third-order valence-electron chi connectivity index (χ3n) is 2.41. The Bertz CT molecular complexity index is 601. The normalized spacial score (nSPS) is 10.2. The van der Waals surface area contributed by atoms with Crippen molar-refractivity contribution in [3.8, 4) is 5.75 Å².